The zero-order valence-electron chi connectivity index (χ0n) is 7.53. The maximum Gasteiger partial charge on any atom is 0.142 e. The van der Waals surface area contributed by atoms with Crippen LogP contribution in [0.5, 0.6) is 5.75 Å². The van der Waals surface area contributed by atoms with Crippen molar-refractivity contribution in [1.29, 1.82) is 0 Å². The highest BCUT2D eigenvalue weighted by Crippen LogP contribution is 2.24. The second-order valence-corrected chi connectivity index (χ2v) is 2.79. The number of hydrogen-bond acceptors (Lipinski definition) is 4. The molecule has 1 atom stereocenters. The van der Waals surface area contributed by atoms with Crippen LogP contribution < -0.4 is 16.2 Å². The summed E-state index contributed by atoms with van der Waals surface area (Å²) in [7, 11) is 1.54. The van der Waals surface area contributed by atoms with Gasteiger partial charge in [0.1, 0.15) is 5.75 Å². The highest BCUT2D eigenvalue weighted by molar-refractivity contribution is 5.54. The molecule has 0 saturated carbocycles. The van der Waals surface area contributed by atoms with Crippen LogP contribution in [-0.4, -0.2) is 18.8 Å². The molecule has 4 nitrogen and oxygen atoms in total. The highest BCUT2D eigenvalue weighted by Gasteiger charge is 2.06. The van der Waals surface area contributed by atoms with Crippen LogP contribution in [-0.2, 0) is 0 Å². The minimum atomic E-state index is -0.380. The Morgan fingerprint density at radius 2 is 2.23 bits per heavy atom. The van der Waals surface area contributed by atoms with E-state index in [1.807, 2.05) is 0 Å². The molecule has 0 amide bonds. The molecule has 0 aliphatic heterocycles. The van der Waals surface area contributed by atoms with Gasteiger partial charge in [0.2, 0.25) is 0 Å². The first-order valence-electron chi connectivity index (χ1n) is 3.99. The summed E-state index contributed by atoms with van der Waals surface area (Å²) >= 11 is 0. The van der Waals surface area contributed by atoms with Gasteiger partial charge in [0.05, 0.1) is 25.4 Å². The molecule has 1 aromatic rings. The molecule has 0 fully saturated rings. The van der Waals surface area contributed by atoms with Crippen molar-refractivity contribution < 1.29 is 9.84 Å². The molecule has 13 heavy (non-hydrogen) atoms. The van der Waals surface area contributed by atoms with E-state index in [2.05, 4.69) is 0 Å². The Morgan fingerprint density at radius 3 is 2.77 bits per heavy atom. The van der Waals surface area contributed by atoms with Crippen molar-refractivity contribution in [2.45, 2.75) is 6.04 Å². The van der Waals surface area contributed by atoms with Crippen molar-refractivity contribution in [3.05, 3.63) is 23.8 Å². The first-order chi connectivity index (χ1) is 6.19. The van der Waals surface area contributed by atoms with Crippen molar-refractivity contribution in [2.75, 3.05) is 19.5 Å². The Balaban J connectivity index is 2.99. The van der Waals surface area contributed by atoms with Crippen LogP contribution in [0.25, 0.3) is 0 Å². The van der Waals surface area contributed by atoms with Crippen LogP contribution in [0, 0.1) is 0 Å². The predicted octanol–water partition coefficient (Wildman–Crippen LogP) is 0.269. The van der Waals surface area contributed by atoms with E-state index >= 15 is 0 Å². The molecule has 0 spiro atoms. The van der Waals surface area contributed by atoms with Crippen LogP contribution in [0.15, 0.2) is 18.2 Å². The van der Waals surface area contributed by atoms with Gasteiger partial charge in [0.15, 0.2) is 0 Å². The molecule has 0 heterocycles. The lowest BCUT2D eigenvalue weighted by molar-refractivity contribution is 0.267. The average molecular weight is 182 g/mol. The number of ether oxygens (including phenoxy) is 1. The molecule has 0 bridgehead atoms. The Bertz CT molecular complexity index is 289. The van der Waals surface area contributed by atoms with Crippen molar-refractivity contribution in [3.63, 3.8) is 0 Å². The van der Waals surface area contributed by atoms with Gasteiger partial charge in [-0.15, -0.1) is 0 Å². The fourth-order valence-electron chi connectivity index (χ4n) is 1.06. The molecule has 1 aromatic carbocycles. The third-order valence-corrected chi connectivity index (χ3v) is 1.88. The van der Waals surface area contributed by atoms with E-state index < -0.39 is 0 Å². The van der Waals surface area contributed by atoms with Gasteiger partial charge in [0.25, 0.3) is 0 Å². The van der Waals surface area contributed by atoms with Gasteiger partial charge in [-0.05, 0) is 17.7 Å². The minimum Gasteiger partial charge on any atom is -0.495 e. The van der Waals surface area contributed by atoms with Crippen LogP contribution in [0.3, 0.4) is 0 Å². The number of nitrogens with two attached hydrogens (primary N) is 2. The number of nitrogen functional groups attached to an aromatic ring is 1. The monoisotopic (exact) mass is 182 g/mol. The highest BCUT2D eigenvalue weighted by atomic mass is 16.5. The number of aliphatic hydroxyl groups is 1. The van der Waals surface area contributed by atoms with Crippen LogP contribution in [0.4, 0.5) is 5.69 Å². The predicted molar refractivity (Wildman–Crippen MR) is 51.4 cm³/mol. The second kappa shape index (κ2) is 4.11. The van der Waals surface area contributed by atoms with Crippen molar-refractivity contribution in [2.24, 2.45) is 5.73 Å². The summed E-state index contributed by atoms with van der Waals surface area (Å²) in [5.74, 6) is 0.585. The molecule has 0 radical (unpaired) electrons. The smallest absolute Gasteiger partial charge is 0.142 e. The molecular weight excluding hydrogens is 168 g/mol. The molecule has 0 aliphatic rings. The molecule has 0 unspecified atom stereocenters. The Hall–Kier alpha value is -1.26. The largest absolute Gasteiger partial charge is 0.495 e. The van der Waals surface area contributed by atoms with E-state index in [-0.39, 0.29) is 12.6 Å². The fourth-order valence-corrected chi connectivity index (χ4v) is 1.06. The molecule has 72 valence electrons. The molecule has 4 heteroatoms. The first kappa shape index (κ1) is 9.83. The lowest BCUT2D eigenvalue weighted by atomic mass is 10.1. The summed E-state index contributed by atoms with van der Waals surface area (Å²) in [5, 5.41) is 8.82. The Kier molecular flexibility index (Phi) is 3.11. The van der Waals surface area contributed by atoms with Gasteiger partial charge in [-0.1, -0.05) is 6.07 Å². The standard InChI is InChI=1S/C9H14N2O2/c1-13-9-4-6(8(11)5-12)2-3-7(9)10/h2-4,8,12H,5,10-11H2,1H3/t8-/m0/s1. The Labute approximate surface area is 77.1 Å². The van der Waals surface area contributed by atoms with Crippen LogP contribution >= 0.6 is 0 Å². The van der Waals surface area contributed by atoms with E-state index in [1.54, 1.807) is 25.3 Å². The summed E-state index contributed by atoms with van der Waals surface area (Å²) in [6, 6.07) is 4.84. The average Bonchev–Trinajstić information content (AvgIpc) is 2.17. The zero-order chi connectivity index (χ0) is 9.84. The minimum absolute atomic E-state index is 0.0902. The molecule has 0 aromatic heterocycles. The molecule has 0 aliphatic carbocycles. The van der Waals surface area contributed by atoms with Crippen LogP contribution in [0.2, 0.25) is 0 Å². The Morgan fingerprint density at radius 1 is 1.54 bits per heavy atom. The lowest BCUT2D eigenvalue weighted by Gasteiger charge is -2.11. The van der Waals surface area contributed by atoms with Crippen LogP contribution in [0.1, 0.15) is 11.6 Å². The van der Waals surface area contributed by atoms with Gasteiger partial charge in [-0.25, -0.2) is 0 Å². The third-order valence-electron chi connectivity index (χ3n) is 1.88. The number of methoxy groups -OCH3 is 1. The number of aliphatic hydroxyl groups excluding tert-OH is 1. The molecule has 0 saturated heterocycles. The summed E-state index contributed by atoms with van der Waals surface area (Å²) in [4.78, 5) is 0. The zero-order valence-corrected chi connectivity index (χ0v) is 7.53. The number of rotatable bonds is 3. The first-order valence-corrected chi connectivity index (χ1v) is 3.99. The van der Waals surface area contributed by atoms with Gasteiger partial charge in [0, 0.05) is 0 Å². The SMILES string of the molecule is COc1cc([C@@H](N)CO)ccc1N. The van der Waals surface area contributed by atoms with E-state index in [0.717, 1.165) is 5.56 Å². The van der Waals surface area contributed by atoms with E-state index in [9.17, 15) is 0 Å². The third kappa shape index (κ3) is 2.11. The van der Waals surface area contributed by atoms with Crippen molar-refractivity contribution in [1.82, 2.24) is 0 Å². The van der Waals surface area contributed by atoms with E-state index in [0.29, 0.717) is 11.4 Å². The molecule has 1 rings (SSSR count). The topological polar surface area (TPSA) is 81.5 Å². The number of anilines is 1. The molecule has 5 N–H and O–H groups in total. The maximum absolute atomic E-state index is 8.82. The fraction of sp³-hybridized carbons (Fsp3) is 0.333. The van der Waals surface area contributed by atoms with Crippen molar-refractivity contribution in [3.8, 4) is 5.75 Å². The van der Waals surface area contributed by atoms with Gasteiger partial charge in [-0.2, -0.15) is 0 Å². The van der Waals surface area contributed by atoms with Gasteiger partial charge >= 0.3 is 0 Å². The number of hydrogen-bond donors (Lipinski definition) is 3. The normalized spacial score (nSPS) is 12.5. The summed E-state index contributed by atoms with van der Waals surface area (Å²) in [6.45, 7) is -0.0902. The van der Waals surface area contributed by atoms with Gasteiger partial charge < -0.3 is 21.3 Å². The summed E-state index contributed by atoms with van der Waals surface area (Å²) in [6.07, 6.45) is 0. The van der Waals surface area contributed by atoms with Crippen molar-refractivity contribution >= 4 is 5.69 Å². The van der Waals surface area contributed by atoms with E-state index in [4.69, 9.17) is 21.3 Å². The summed E-state index contributed by atoms with van der Waals surface area (Å²) in [5.41, 5.74) is 12.6. The van der Waals surface area contributed by atoms with Gasteiger partial charge in [-0.3, -0.25) is 0 Å². The number of benzene rings is 1. The van der Waals surface area contributed by atoms with E-state index in [1.165, 1.54) is 0 Å². The quantitative estimate of drug-likeness (QED) is 0.586. The maximum atomic E-state index is 8.82. The summed E-state index contributed by atoms with van der Waals surface area (Å²) < 4.78 is 5.02. The lowest BCUT2D eigenvalue weighted by Crippen LogP contribution is -2.14. The molecular formula is C9H14N2O2. The second-order valence-electron chi connectivity index (χ2n) is 2.79.